The standard InChI is InChI=1S/C28H23ClN4O4S2/c29-23-11-13-25(14-12-23)38(34,35)27(19-30)18-22-20-33(24-8-2-1-3-9-24)31-28(22)21-7-6-10-26(17-21)39(36,37)32-15-4-5-16-32/h1-3,6-14,17-18,20H,4-5,15-16H2. The van der Waals surface area contributed by atoms with Crippen molar-refractivity contribution in [2.45, 2.75) is 22.6 Å². The number of allylic oxidation sites excluding steroid dienone is 1. The summed E-state index contributed by atoms with van der Waals surface area (Å²) in [6, 6.07) is 22.9. The van der Waals surface area contributed by atoms with Crippen LogP contribution in [0.1, 0.15) is 18.4 Å². The van der Waals surface area contributed by atoms with Gasteiger partial charge in [0.25, 0.3) is 0 Å². The van der Waals surface area contributed by atoms with E-state index in [1.54, 1.807) is 29.1 Å². The number of nitriles is 1. The van der Waals surface area contributed by atoms with Gasteiger partial charge in [0.2, 0.25) is 19.9 Å². The maximum absolute atomic E-state index is 13.3. The molecular weight excluding hydrogens is 556 g/mol. The zero-order valence-electron chi connectivity index (χ0n) is 20.6. The van der Waals surface area contributed by atoms with Crippen LogP contribution in [0.25, 0.3) is 23.0 Å². The Kier molecular flexibility index (Phi) is 7.42. The van der Waals surface area contributed by atoms with Gasteiger partial charge in [0, 0.05) is 35.4 Å². The molecule has 8 nitrogen and oxygen atoms in total. The number of hydrogen-bond donors (Lipinski definition) is 0. The fraction of sp³-hybridized carbons (Fsp3) is 0.143. The van der Waals surface area contributed by atoms with E-state index in [1.807, 2.05) is 30.3 Å². The number of sulfonamides is 1. The summed E-state index contributed by atoms with van der Waals surface area (Å²) in [5, 5.41) is 14.9. The van der Waals surface area contributed by atoms with Gasteiger partial charge in [-0.25, -0.2) is 21.5 Å². The highest BCUT2D eigenvalue weighted by molar-refractivity contribution is 7.95. The first-order valence-corrected chi connectivity index (χ1v) is 15.4. The molecule has 5 rings (SSSR count). The Morgan fingerprint density at radius 1 is 0.897 bits per heavy atom. The lowest BCUT2D eigenvalue weighted by Crippen LogP contribution is -2.27. The predicted octanol–water partition coefficient (Wildman–Crippen LogP) is 5.32. The first-order valence-electron chi connectivity index (χ1n) is 12.1. The Hall–Kier alpha value is -3.75. The zero-order chi connectivity index (χ0) is 27.6. The molecule has 2 heterocycles. The van der Waals surface area contributed by atoms with E-state index in [4.69, 9.17) is 11.6 Å². The molecule has 0 atom stereocenters. The highest BCUT2D eigenvalue weighted by Crippen LogP contribution is 2.31. The lowest BCUT2D eigenvalue weighted by molar-refractivity contribution is 0.477. The van der Waals surface area contributed by atoms with Crippen LogP contribution in [-0.4, -0.2) is 44.0 Å². The smallest absolute Gasteiger partial charge is 0.240 e. The summed E-state index contributed by atoms with van der Waals surface area (Å²) in [5.74, 6) is 0. The van der Waals surface area contributed by atoms with Crippen LogP contribution >= 0.6 is 11.6 Å². The van der Waals surface area contributed by atoms with Crippen molar-refractivity contribution in [2.75, 3.05) is 13.1 Å². The summed E-state index contributed by atoms with van der Waals surface area (Å²) >= 11 is 5.91. The molecule has 0 unspecified atom stereocenters. The third-order valence-electron chi connectivity index (χ3n) is 6.38. The van der Waals surface area contributed by atoms with Crippen LogP contribution < -0.4 is 0 Å². The Labute approximate surface area is 232 Å². The monoisotopic (exact) mass is 578 g/mol. The van der Waals surface area contributed by atoms with Gasteiger partial charge in [-0.3, -0.25) is 0 Å². The van der Waals surface area contributed by atoms with Crippen molar-refractivity contribution in [3.05, 3.63) is 101 Å². The molecule has 1 saturated heterocycles. The molecule has 0 amide bonds. The van der Waals surface area contributed by atoms with Crippen LogP contribution in [0.4, 0.5) is 0 Å². The number of nitrogens with zero attached hydrogens (tertiary/aromatic N) is 4. The van der Waals surface area contributed by atoms with Gasteiger partial charge < -0.3 is 0 Å². The number of aromatic nitrogens is 2. The summed E-state index contributed by atoms with van der Waals surface area (Å²) in [6.45, 7) is 0.939. The van der Waals surface area contributed by atoms with Crippen LogP contribution in [0.5, 0.6) is 0 Å². The normalized spacial score (nSPS) is 14.8. The van der Waals surface area contributed by atoms with E-state index in [0.717, 1.165) is 12.8 Å². The lowest BCUT2D eigenvalue weighted by Gasteiger charge is -2.16. The van der Waals surface area contributed by atoms with E-state index < -0.39 is 24.8 Å². The maximum Gasteiger partial charge on any atom is 0.243 e. The molecule has 0 bridgehead atoms. The van der Waals surface area contributed by atoms with Crippen LogP contribution in [0, 0.1) is 11.3 Å². The predicted molar refractivity (Wildman–Crippen MR) is 149 cm³/mol. The topological polar surface area (TPSA) is 113 Å². The van der Waals surface area contributed by atoms with Crippen LogP contribution in [0.15, 0.2) is 99.8 Å². The molecule has 4 aromatic rings. The minimum atomic E-state index is -4.16. The van der Waals surface area contributed by atoms with Gasteiger partial charge in [0.15, 0.2) is 0 Å². The van der Waals surface area contributed by atoms with Gasteiger partial charge in [-0.05, 0) is 67.4 Å². The molecule has 0 spiro atoms. The van der Waals surface area contributed by atoms with Gasteiger partial charge in [0.05, 0.1) is 15.5 Å². The van der Waals surface area contributed by atoms with E-state index in [-0.39, 0.29) is 9.79 Å². The maximum atomic E-state index is 13.3. The molecule has 1 aliphatic rings. The average molecular weight is 579 g/mol. The van der Waals surface area contributed by atoms with Crippen molar-refractivity contribution in [3.8, 4) is 23.0 Å². The zero-order valence-corrected chi connectivity index (χ0v) is 23.0. The van der Waals surface area contributed by atoms with E-state index in [0.29, 0.717) is 40.6 Å². The fourth-order valence-corrected chi connectivity index (χ4v) is 7.20. The Bertz CT molecular complexity index is 1800. The molecule has 3 aromatic carbocycles. The summed E-state index contributed by atoms with van der Waals surface area (Å²) in [7, 11) is -7.85. The van der Waals surface area contributed by atoms with Crippen molar-refractivity contribution in [2.24, 2.45) is 0 Å². The highest BCUT2D eigenvalue weighted by atomic mass is 35.5. The number of rotatable bonds is 7. The first kappa shape index (κ1) is 26.8. The number of benzene rings is 3. The molecule has 1 fully saturated rings. The lowest BCUT2D eigenvalue weighted by atomic mass is 10.1. The quantitative estimate of drug-likeness (QED) is 0.274. The second-order valence-electron chi connectivity index (χ2n) is 8.93. The van der Waals surface area contributed by atoms with E-state index in [9.17, 15) is 22.1 Å². The Balaban J connectivity index is 1.65. The number of para-hydroxylation sites is 1. The fourth-order valence-electron chi connectivity index (χ4n) is 4.36. The summed E-state index contributed by atoms with van der Waals surface area (Å²) in [4.78, 5) is -0.435. The molecule has 39 heavy (non-hydrogen) atoms. The van der Waals surface area contributed by atoms with E-state index in [1.165, 1.54) is 46.8 Å². The Morgan fingerprint density at radius 2 is 1.59 bits per heavy atom. The first-order chi connectivity index (χ1) is 18.7. The molecule has 1 aromatic heterocycles. The molecule has 0 saturated carbocycles. The summed E-state index contributed by atoms with van der Waals surface area (Å²) in [6.07, 6.45) is 4.50. The van der Waals surface area contributed by atoms with Crippen molar-refractivity contribution < 1.29 is 16.8 Å². The number of halogens is 1. The largest absolute Gasteiger partial charge is 0.243 e. The van der Waals surface area contributed by atoms with E-state index >= 15 is 0 Å². The molecule has 0 radical (unpaired) electrons. The minimum Gasteiger partial charge on any atom is -0.240 e. The summed E-state index contributed by atoms with van der Waals surface area (Å²) in [5.41, 5.74) is 1.84. The highest BCUT2D eigenvalue weighted by Gasteiger charge is 2.28. The number of sulfone groups is 1. The SMILES string of the molecule is N#CC(=Cc1cn(-c2ccccc2)nc1-c1cccc(S(=O)(=O)N2CCCC2)c1)S(=O)(=O)c1ccc(Cl)cc1. The van der Waals surface area contributed by atoms with Crippen LogP contribution in [0.2, 0.25) is 5.02 Å². The third kappa shape index (κ3) is 5.40. The molecule has 198 valence electrons. The minimum absolute atomic E-state index is 0.0737. The molecule has 0 N–H and O–H groups in total. The Morgan fingerprint density at radius 3 is 2.26 bits per heavy atom. The van der Waals surface area contributed by atoms with Crippen LogP contribution in [0.3, 0.4) is 0 Å². The van der Waals surface area contributed by atoms with Crippen LogP contribution in [-0.2, 0) is 19.9 Å². The molecule has 11 heteroatoms. The third-order valence-corrected chi connectivity index (χ3v) is 10.2. The van der Waals surface area contributed by atoms with E-state index in [2.05, 4.69) is 5.10 Å². The van der Waals surface area contributed by atoms with Crippen molar-refractivity contribution in [1.29, 1.82) is 5.26 Å². The van der Waals surface area contributed by atoms with Crippen molar-refractivity contribution >= 4 is 37.5 Å². The molecular formula is C28H23ClN4O4S2. The molecule has 0 aliphatic carbocycles. The van der Waals surface area contributed by atoms with Gasteiger partial charge in [-0.15, -0.1) is 0 Å². The second-order valence-corrected chi connectivity index (χ2v) is 13.2. The van der Waals surface area contributed by atoms with Gasteiger partial charge in [-0.1, -0.05) is 41.9 Å². The van der Waals surface area contributed by atoms with Gasteiger partial charge in [0.1, 0.15) is 16.7 Å². The second kappa shape index (κ2) is 10.8. The van der Waals surface area contributed by atoms with Crippen molar-refractivity contribution in [1.82, 2.24) is 14.1 Å². The average Bonchev–Trinajstić information content (AvgIpc) is 3.64. The summed E-state index contributed by atoms with van der Waals surface area (Å²) < 4.78 is 56.0. The van der Waals surface area contributed by atoms with Crippen molar-refractivity contribution in [3.63, 3.8) is 0 Å². The van der Waals surface area contributed by atoms with Gasteiger partial charge in [-0.2, -0.15) is 14.7 Å². The number of hydrogen-bond acceptors (Lipinski definition) is 6. The van der Waals surface area contributed by atoms with Gasteiger partial charge >= 0.3 is 0 Å². The molecule has 1 aliphatic heterocycles.